The first-order chi connectivity index (χ1) is 10.5. The molecule has 1 atom stereocenters. The van der Waals surface area contributed by atoms with Gasteiger partial charge < -0.3 is 4.90 Å². The van der Waals surface area contributed by atoms with Crippen LogP contribution >= 0.6 is 11.3 Å². The maximum Gasteiger partial charge on any atom is 0.237 e. The fourth-order valence-corrected chi connectivity index (χ4v) is 3.95. The molecule has 0 N–H and O–H groups in total. The van der Waals surface area contributed by atoms with E-state index < -0.39 is 5.54 Å². The maximum absolute atomic E-state index is 12.6. The summed E-state index contributed by atoms with van der Waals surface area (Å²) in [5.74, 6) is 0.0364. The molecule has 0 aliphatic heterocycles. The van der Waals surface area contributed by atoms with E-state index in [4.69, 9.17) is 0 Å². The van der Waals surface area contributed by atoms with Crippen LogP contribution in [0.25, 0.3) is 0 Å². The molecule has 1 aromatic heterocycles. The van der Waals surface area contributed by atoms with Crippen molar-refractivity contribution in [1.29, 1.82) is 5.26 Å². The van der Waals surface area contributed by atoms with Gasteiger partial charge >= 0.3 is 0 Å². The van der Waals surface area contributed by atoms with Crippen molar-refractivity contribution >= 4 is 17.2 Å². The first-order valence-corrected chi connectivity index (χ1v) is 8.80. The molecule has 0 radical (unpaired) electrons. The number of hydrogen-bond acceptors (Lipinski definition) is 4. The van der Waals surface area contributed by atoms with Gasteiger partial charge in [0.25, 0.3) is 0 Å². The maximum atomic E-state index is 12.6. The number of rotatable bonds is 5. The van der Waals surface area contributed by atoms with Crippen molar-refractivity contribution in [3.8, 4) is 6.07 Å². The number of nitriles is 1. The lowest BCUT2D eigenvalue weighted by molar-refractivity contribution is -0.136. The molecule has 1 fully saturated rings. The van der Waals surface area contributed by atoms with Crippen molar-refractivity contribution in [3.05, 3.63) is 22.4 Å². The van der Waals surface area contributed by atoms with E-state index in [1.54, 1.807) is 23.3 Å². The molecule has 1 heterocycles. The fraction of sp³-hybridized carbons (Fsp3) is 0.647. The summed E-state index contributed by atoms with van der Waals surface area (Å²) in [4.78, 5) is 17.6. The molecule has 1 aliphatic carbocycles. The van der Waals surface area contributed by atoms with Crippen molar-refractivity contribution in [3.63, 3.8) is 0 Å². The summed E-state index contributed by atoms with van der Waals surface area (Å²) in [5, 5.41) is 11.7. The normalized spacial score (nSPS) is 18.7. The Bertz CT molecular complexity index is 529. The van der Waals surface area contributed by atoms with Crippen molar-refractivity contribution < 1.29 is 4.79 Å². The zero-order chi connectivity index (χ0) is 16.2. The largest absolute Gasteiger partial charge is 0.326 e. The van der Waals surface area contributed by atoms with Crippen LogP contribution in [0.2, 0.25) is 0 Å². The van der Waals surface area contributed by atoms with E-state index in [2.05, 4.69) is 29.3 Å². The summed E-state index contributed by atoms with van der Waals surface area (Å²) in [7, 11) is 3.76. The zero-order valence-corrected chi connectivity index (χ0v) is 14.5. The van der Waals surface area contributed by atoms with Gasteiger partial charge in [-0.05, 0) is 38.3 Å². The molecule has 120 valence electrons. The molecule has 1 aromatic rings. The van der Waals surface area contributed by atoms with Gasteiger partial charge in [0.2, 0.25) is 5.91 Å². The standard InChI is InChI=1S/C17H25N3OS/c1-14(15-8-7-11-22-15)19(2)12-16(21)20(3)17(13-18)9-5-4-6-10-17/h7-8,11,14H,4-6,9-10,12H2,1-3H3. The molecular formula is C17H25N3OS. The minimum atomic E-state index is -0.595. The Morgan fingerprint density at radius 2 is 2.09 bits per heavy atom. The fourth-order valence-electron chi connectivity index (χ4n) is 3.10. The van der Waals surface area contributed by atoms with Gasteiger partial charge in [-0.25, -0.2) is 0 Å². The van der Waals surface area contributed by atoms with Gasteiger partial charge in [0, 0.05) is 18.0 Å². The van der Waals surface area contributed by atoms with Crippen molar-refractivity contribution in [2.45, 2.75) is 50.6 Å². The van der Waals surface area contributed by atoms with E-state index in [-0.39, 0.29) is 11.9 Å². The van der Waals surface area contributed by atoms with Gasteiger partial charge in [-0.1, -0.05) is 25.3 Å². The van der Waals surface area contributed by atoms with Crippen LogP contribution < -0.4 is 0 Å². The SMILES string of the molecule is CC(c1cccs1)N(C)CC(=O)N(C)C1(C#N)CCCCC1. The number of carbonyl (C=O) groups excluding carboxylic acids is 1. The molecule has 1 amide bonds. The average Bonchev–Trinajstić information content (AvgIpc) is 3.08. The Morgan fingerprint density at radius 3 is 2.64 bits per heavy atom. The van der Waals surface area contributed by atoms with E-state index in [0.717, 1.165) is 25.7 Å². The predicted molar refractivity (Wildman–Crippen MR) is 89.6 cm³/mol. The quantitative estimate of drug-likeness (QED) is 0.835. The van der Waals surface area contributed by atoms with E-state index in [1.807, 2.05) is 13.1 Å². The van der Waals surface area contributed by atoms with E-state index in [1.165, 1.54) is 11.3 Å². The van der Waals surface area contributed by atoms with Crippen LogP contribution in [-0.2, 0) is 4.79 Å². The van der Waals surface area contributed by atoms with E-state index in [9.17, 15) is 10.1 Å². The van der Waals surface area contributed by atoms with Crippen LogP contribution in [0.15, 0.2) is 17.5 Å². The lowest BCUT2D eigenvalue weighted by Crippen LogP contribution is -2.52. The summed E-state index contributed by atoms with van der Waals surface area (Å²) in [6.45, 7) is 2.46. The summed E-state index contributed by atoms with van der Waals surface area (Å²) in [5.41, 5.74) is -0.595. The van der Waals surface area contributed by atoms with Crippen LogP contribution in [0, 0.1) is 11.3 Å². The lowest BCUT2D eigenvalue weighted by atomic mass is 9.81. The second-order valence-corrected chi connectivity index (χ2v) is 7.24. The molecule has 1 saturated carbocycles. The summed E-state index contributed by atoms with van der Waals surface area (Å²) < 4.78 is 0. The molecular weight excluding hydrogens is 294 g/mol. The summed E-state index contributed by atoms with van der Waals surface area (Å²) >= 11 is 1.71. The van der Waals surface area contributed by atoms with Gasteiger partial charge in [0.05, 0.1) is 12.6 Å². The minimum Gasteiger partial charge on any atom is -0.326 e. The summed E-state index contributed by atoms with van der Waals surface area (Å²) in [6, 6.07) is 6.75. The Hall–Kier alpha value is -1.38. The Labute approximate surface area is 137 Å². The number of likely N-dealkylation sites (N-methyl/N-ethyl adjacent to an activating group) is 2. The van der Waals surface area contributed by atoms with Crippen molar-refractivity contribution in [2.24, 2.45) is 0 Å². The van der Waals surface area contributed by atoms with Gasteiger partial charge in [-0.15, -0.1) is 11.3 Å². The number of nitrogens with zero attached hydrogens (tertiary/aromatic N) is 3. The minimum absolute atomic E-state index is 0.0364. The predicted octanol–water partition coefficient (Wildman–Crippen LogP) is 3.43. The van der Waals surface area contributed by atoms with E-state index >= 15 is 0 Å². The number of thiophene rings is 1. The average molecular weight is 319 g/mol. The highest BCUT2D eigenvalue weighted by atomic mass is 32.1. The van der Waals surface area contributed by atoms with Crippen LogP contribution in [0.1, 0.15) is 49.9 Å². The molecule has 0 aromatic carbocycles. The highest BCUT2D eigenvalue weighted by Crippen LogP contribution is 2.32. The van der Waals surface area contributed by atoms with Crippen LogP contribution in [0.3, 0.4) is 0 Å². The molecule has 1 aliphatic rings. The molecule has 22 heavy (non-hydrogen) atoms. The number of carbonyl (C=O) groups is 1. The molecule has 5 heteroatoms. The molecule has 0 spiro atoms. The van der Waals surface area contributed by atoms with Gasteiger partial charge in [-0.3, -0.25) is 9.69 Å². The molecule has 2 rings (SSSR count). The van der Waals surface area contributed by atoms with Crippen molar-refractivity contribution in [2.75, 3.05) is 20.6 Å². The van der Waals surface area contributed by atoms with Gasteiger partial charge in [0.1, 0.15) is 5.54 Å². The van der Waals surface area contributed by atoms with E-state index in [0.29, 0.717) is 6.54 Å². The molecule has 0 bridgehead atoms. The van der Waals surface area contributed by atoms with Crippen LogP contribution in [-0.4, -0.2) is 41.9 Å². The molecule has 4 nitrogen and oxygen atoms in total. The highest BCUT2D eigenvalue weighted by molar-refractivity contribution is 7.10. The Balaban J connectivity index is 2.00. The highest BCUT2D eigenvalue weighted by Gasteiger charge is 2.39. The summed E-state index contributed by atoms with van der Waals surface area (Å²) in [6.07, 6.45) is 4.84. The monoisotopic (exact) mass is 319 g/mol. The molecule has 1 unspecified atom stereocenters. The van der Waals surface area contributed by atoms with Crippen LogP contribution in [0.4, 0.5) is 0 Å². The van der Waals surface area contributed by atoms with Crippen molar-refractivity contribution in [1.82, 2.24) is 9.80 Å². The lowest BCUT2D eigenvalue weighted by Gasteiger charge is -2.40. The first kappa shape index (κ1) is 17.0. The topological polar surface area (TPSA) is 47.3 Å². The second kappa shape index (κ2) is 7.26. The Morgan fingerprint density at radius 1 is 1.41 bits per heavy atom. The number of hydrogen-bond donors (Lipinski definition) is 0. The van der Waals surface area contributed by atoms with Gasteiger partial charge in [0.15, 0.2) is 0 Å². The number of amides is 1. The third-order valence-corrected chi connectivity index (χ3v) is 5.95. The first-order valence-electron chi connectivity index (χ1n) is 7.92. The second-order valence-electron chi connectivity index (χ2n) is 6.26. The van der Waals surface area contributed by atoms with Crippen LogP contribution in [0.5, 0.6) is 0 Å². The molecule has 0 saturated heterocycles. The Kier molecular flexibility index (Phi) is 5.60. The third kappa shape index (κ3) is 3.50. The third-order valence-electron chi connectivity index (χ3n) is 4.91. The smallest absolute Gasteiger partial charge is 0.237 e. The van der Waals surface area contributed by atoms with Gasteiger partial charge in [-0.2, -0.15) is 5.26 Å². The zero-order valence-electron chi connectivity index (χ0n) is 13.7.